The zero-order valence-corrected chi connectivity index (χ0v) is 13.6. The maximum Gasteiger partial charge on any atom is 0.253 e. The Balaban J connectivity index is 2.15. The summed E-state index contributed by atoms with van der Waals surface area (Å²) in [6.07, 6.45) is 5.00. The number of hydrogen-bond acceptors (Lipinski definition) is 3. The number of amides is 1. The largest absolute Gasteiger partial charge is 0.397 e. The molecular formula is C17H27N3O. The summed E-state index contributed by atoms with van der Waals surface area (Å²) in [6.45, 7) is 2.33. The fourth-order valence-electron chi connectivity index (χ4n) is 3.09. The Bertz CT molecular complexity index is 505. The lowest BCUT2D eigenvalue weighted by Crippen LogP contribution is -2.35. The second kappa shape index (κ2) is 6.37. The van der Waals surface area contributed by atoms with Crippen molar-refractivity contribution in [2.24, 2.45) is 5.92 Å². The lowest BCUT2D eigenvalue weighted by atomic mass is 9.86. The number of nitrogens with zero attached hydrogens (tertiary/aromatic N) is 2. The molecule has 0 radical (unpaired) electrons. The lowest BCUT2D eigenvalue weighted by molar-refractivity contribution is 0.0827. The molecule has 4 heteroatoms. The fourth-order valence-corrected chi connectivity index (χ4v) is 3.09. The van der Waals surface area contributed by atoms with Crippen LogP contribution < -0.4 is 10.6 Å². The number of rotatable bonds is 3. The lowest BCUT2D eigenvalue weighted by Gasteiger charge is -2.35. The average molecular weight is 289 g/mol. The van der Waals surface area contributed by atoms with Crippen LogP contribution in [0.3, 0.4) is 0 Å². The van der Waals surface area contributed by atoms with Crippen LogP contribution >= 0.6 is 0 Å². The molecule has 1 amide bonds. The minimum atomic E-state index is -0.0117. The van der Waals surface area contributed by atoms with Gasteiger partial charge < -0.3 is 15.5 Å². The van der Waals surface area contributed by atoms with Crippen LogP contribution in [-0.2, 0) is 0 Å². The van der Waals surface area contributed by atoms with Crippen LogP contribution in [0.5, 0.6) is 0 Å². The van der Waals surface area contributed by atoms with E-state index in [1.165, 1.54) is 25.7 Å². The molecule has 116 valence electrons. The van der Waals surface area contributed by atoms with Crippen LogP contribution in [0, 0.1) is 5.92 Å². The Labute approximate surface area is 127 Å². The molecule has 1 aliphatic carbocycles. The van der Waals surface area contributed by atoms with Crippen molar-refractivity contribution < 1.29 is 4.79 Å². The number of nitrogens with two attached hydrogens (primary N) is 1. The fraction of sp³-hybridized carbons (Fsp3) is 0.588. The number of hydrogen-bond donors (Lipinski definition) is 1. The second-order valence-corrected chi connectivity index (χ2v) is 6.50. The van der Waals surface area contributed by atoms with Gasteiger partial charge in [0.2, 0.25) is 0 Å². The molecule has 1 fully saturated rings. The third-order valence-electron chi connectivity index (χ3n) is 4.59. The summed E-state index contributed by atoms with van der Waals surface area (Å²) in [5.41, 5.74) is 8.54. The number of anilines is 2. The third kappa shape index (κ3) is 3.49. The van der Waals surface area contributed by atoms with Gasteiger partial charge in [0.25, 0.3) is 5.91 Å². The first-order valence-corrected chi connectivity index (χ1v) is 7.74. The highest BCUT2D eigenvalue weighted by Gasteiger charge is 2.23. The van der Waals surface area contributed by atoms with E-state index in [-0.39, 0.29) is 5.91 Å². The molecule has 2 N–H and O–H groups in total. The van der Waals surface area contributed by atoms with E-state index in [2.05, 4.69) is 18.9 Å². The van der Waals surface area contributed by atoms with E-state index in [9.17, 15) is 4.79 Å². The molecule has 0 bridgehead atoms. The maximum atomic E-state index is 12.0. The van der Waals surface area contributed by atoms with Gasteiger partial charge in [0.15, 0.2) is 0 Å². The summed E-state index contributed by atoms with van der Waals surface area (Å²) in [5.74, 6) is 0.828. The molecule has 2 rings (SSSR count). The van der Waals surface area contributed by atoms with E-state index in [1.54, 1.807) is 25.1 Å². The molecule has 0 heterocycles. The highest BCUT2D eigenvalue weighted by Crippen LogP contribution is 2.32. The molecule has 0 atom stereocenters. The highest BCUT2D eigenvalue weighted by atomic mass is 16.2. The van der Waals surface area contributed by atoms with Gasteiger partial charge in [-0.2, -0.15) is 0 Å². The average Bonchev–Trinajstić information content (AvgIpc) is 2.46. The standard InChI is InChI=1S/C17H27N3O/c1-12-5-8-14(9-6-12)20(4)16-10-7-13(11-15(16)18)17(21)19(2)3/h7,10-12,14H,5-6,8-9,18H2,1-4H3. The molecule has 0 spiro atoms. The van der Waals surface area contributed by atoms with E-state index in [4.69, 9.17) is 5.73 Å². The Morgan fingerprint density at radius 1 is 1.14 bits per heavy atom. The van der Waals surface area contributed by atoms with Gasteiger partial charge in [-0.15, -0.1) is 0 Å². The third-order valence-corrected chi connectivity index (χ3v) is 4.59. The molecular weight excluding hydrogens is 262 g/mol. The summed E-state index contributed by atoms with van der Waals surface area (Å²) in [6, 6.07) is 6.19. The summed E-state index contributed by atoms with van der Waals surface area (Å²) < 4.78 is 0. The minimum absolute atomic E-state index is 0.0117. The van der Waals surface area contributed by atoms with Crippen LogP contribution in [0.15, 0.2) is 18.2 Å². The molecule has 1 aliphatic rings. The topological polar surface area (TPSA) is 49.6 Å². The molecule has 0 aromatic heterocycles. The number of nitrogen functional groups attached to an aromatic ring is 1. The van der Waals surface area contributed by atoms with Crippen LogP contribution in [0.2, 0.25) is 0 Å². The number of benzene rings is 1. The van der Waals surface area contributed by atoms with E-state index in [0.717, 1.165) is 11.6 Å². The van der Waals surface area contributed by atoms with Crippen LogP contribution in [-0.4, -0.2) is 38.0 Å². The van der Waals surface area contributed by atoms with Crippen molar-refractivity contribution in [1.29, 1.82) is 0 Å². The van der Waals surface area contributed by atoms with Crippen LogP contribution in [0.25, 0.3) is 0 Å². The first kappa shape index (κ1) is 15.7. The van der Waals surface area contributed by atoms with Gasteiger partial charge in [-0.3, -0.25) is 4.79 Å². The molecule has 1 aromatic carbocycles. The Hall–Kier alpha value is -1.71. The highest BCUT2D eigenvalue weighted by molar-refractivity contribution is 5.95. The summed E-state index contributed by atoms with van der Waals surface area (Å²) in [5, 5.41) is 0. The van der Waals surface area contributed by atoms with E-state index in [0.29, 0.717) is 17.3 Å². The van der Waals surface area contributed by atoms with Crippen molar-refractivity contribution in [3.63, 3.8) is 0 Å². The normalized spacial score (nSPS) is 21.9. The zero-order chi connectivity index (χ0) is 15.6. The summed E-state index contributed by atoms with van der Waals surface area (Å²) in [4.78, 5) is 15.8. The first-order valence-electron chi connectivity index (χ1n) is 7.74. The first-order chi connectivity index (χ1) is 9.90. The van der Waals surface area contributed by atoms with Crippen molar-refractivity contribution in [3.05, 3.63) is 23.8 Å². The van der Waals surface area contributed by atoms with Crippen LogP contribution in [0.1, 0.15) is 43.0 Å². The molecule has 0 aliphatic heterocycles. The van der Waals surface area contributed by atoms with Crippen molar-refractivity contribution in [2.45, 2.75) is 38.6 Å². The molecule has 1 saturated carbocycles. The Morgan fingerprint density at radius 3 is 2.29 bits per heavy atom. The van der Waals surface area contributed by atoms with Gasteiger partial charge in [0.1, 0.15) is 0 Å². The maximum absolute atomic E-state index is 12.0. The van der Waals surface area contributed by atoms with Gasteiger partial charge >= 0.3 is 0 Å². The molecule has 0 saturated heterocycles. The predicted octanol–water partition coefficient (Wildman–Crippen LogP) is 2.99. The molecule has 1 aromatic rings. The molecule has 4 nitrogen and oxygen atoms in total. The van der Waals surface area contributed by atoms with E-state index in [1.807, 2.05) is 12.1 Å². The van der Waals surface area contributed by atoms with Crippen molar-refractivity contribution in [1.82, 2.24) is 4.90 Å². The summed E-state index contributed by atoms with van der Waals surface area (Å²) in [7, 11) is 5.61. The smallest absolute Gasteiger partial charge is 0.253 e. The monoisotopic (exact) mass is 289 g/mol. The zero-order valence-electron chi connectivity index (χ0n) is 13.6. The predicted molar refractivity (Wildman–Crippen MR) is 88.7 cm³/mol. The van der Waals surface area contributed by atoms with Gasteiger partial charge in [-0.05, 0) is 49.8 Å². The van der Waals surface area contributed by atoms with Gasteiger partial charge in [0, 0.05) is 32.7 Å². The number of carbonyl (C=O) groups excluding carboxylic acids is 1. The summed E-state index contributed by atoms with van der Waals surface area (Å²) >= 11 is 0. The van der Waals surface area contributed by atoms with Gasteiger partial charge in [0.05, 0.1) is 11.4 Å². The van der Waals surface area contributed by atoms with Gasteiger partial charge in [-0.1, -0.05) is 6.92 Å². The SMILES string of the molecule is CC1CCC(N(C)c2ccc(C(=O)N(C)C)cc2N)CC1. The molecule has 0 unspecified atom stereocenters. The van der Waals surface area contributed by atoms with Crippen molar-refractivity contribution in [2.75, 3.05) is 31.8 Å². The Kier molecular flexibility index (Phi) is 4.76. The second-order valence-electron chi connectivity index (χ2n) is 6.50. The minimum Gasteiger partial charge on any atom is -0.397 e. The molecule has 21 heavy (non-hydrogen) atoms. The Morgan fingerprint density at radius 2 is 1.76 bits per heavy atom. The quantitative estimate of drug-likeness (QED) is 0.870. The van der Waals surface area contributed by atoms with Crippen LogP contribution in [0.4, 0.5) is 11.4 Å². The van der Waals surface area contributed by atoms with E-state index < -0.39 is 0 Å². The van der Waals surface area contributed by atoms with Gasteiger partial charge in [-0.25, -0.2) is 0 Å². The van der Waals surface area contributed by atoms with E-state index >= 15 is 0 Å². The van der Waals surface area contributed by atoms with Crippen molar-refractivity contribution >= 4 is 17.3 Å². The van der Waals surface area contributed by atoms with Crippen molar-refractivity contribution in [3.8, 4) is 0 Å². The number of carbonyl (C=O) groups is 1.